The van der Waals surface area contributed by atoms with Crippen molar-refractivity contribution in [3.05, 3.63) is 77.0 Å². The number of nitrogens with one attached hydrogen (secondary N) is 1. The lowest BCUT2D eigenvalue weighted by molar-refractivity contribution is 0.102. The highest BCUT2D eigenvalue weighted by atomic mass is 32.1. The number of fused-ring (bicyclic) bond motifs is 3. The van der Waals surface area contributed by atoms with Gasteiger partial charge in [-0.05, 0) is 78.8 Å². The first-order chi connectivity index (χ1) is 16.6. The number of aromatic nitrogens is 3. The highest BCUT2D eigenvalue weighted by Gasteiger charge is 2.19. The van der Waals surface area contributed by atoms with Crippen LogP contribution in [0.1, 0.15) is 40.0 Å². The minimum absolute atomic E-state index is 0.250. The Labute approximate surface area is 201 Å². The molecule has 0 unspecified atom stereocenters. The number of rotatable bonds is 4. The number of nitrogens with zero attached hydrogens (tertiary/aromatic N) is 3. The van der Waals surface area contributed by atoms with Crippen molar-refractivity contribution < 1.29 is 9.53 Å². The van der Waals surface area contributed by atoms with Gasteiger partial charge in [-0.25, -0.2) is 4.98 Å². The van der Waals surface area contributed by atoms with E-state index >= 15 is 0 Å². The van der Waals surface area contributed by atoms with Crippen LogP contribution in [0.2, 0.25) is 0 Å². The number of carbonyl (C=O) groups excluding carboxylic acids is 1. The Morgan fingerprint density at radius 3 is 2.53 bits per heavy atom. The van der Waals surface area contributed by atoms with Crippen LogP contribution in [0.15, 0.2) is 54.6 Å². The molecule has 6 nitrogen and oxygen atoms in total. The molecule has 34 heavy (non-hydrogen) atoms. The Balaban J connectivity index is 1.37. The molecule has 2 aromatic heterocycles. The number of carbonyl (C=O) groups is 1. The minimum Gasteiger partial charge on any atom is -0.496 e. The number of hydrogen-bond donors (Lipinski definition) is 1. The van der Waals surface area contributed by atoms with Gasteiger partial charge in [0.1, 0.15) is 11.6 Å². The summed E-state index contributed by atoms with van der Waals surface area (Å²) in [5.41, 5.74) is 5.11. The third-order valence-electron chi connectivity index (χ3n) is 6.41. The number of anilines is 1. The van der Waals surface area contributed by atoms with Crippen molar-refractivity contribution in [3.63, 3.8) is 0 Å². The summed E-state index contributed by atoms with van der Waals surface area (Å²) in [5.74, 6) is 0.867. The van der Waals surface area contributed by atoms with Gasteiger partial charge in [0, 0.05) is 6.07 Å². The van der Waals surface area contributed by atoms with Crippen LogP contribution < -0.4 is 10.1 Å². The van der Waals surface area contributed by atoms with E-state index in [-0.39, 0.29) is 5.91 Å². The molecule has 0 bridgehead atoms. The molecule has 1 N–H and O–H groups in total. The SMILES string of the molecule is COc1cc2ccccc2cc1C(=O)Nc1cc(C)nn1-c1nc2cc3c(cc2s1)CCCC3. The van der Waals surface area contributed by atoms with Crippen molar-refractivity contribution >= 4 is 44.1 Å². The summed E-state index contributed by atoms with van der Waals surface area (Å²) < 4.78 is 8.40. The standard InChI is InChI=1S/C27H24N4O2S/c1-16-11-25(29-26(32)21-12-17-7-3-5-9-19(17)14-23(21)33-2)31(30-16)27-28-22-13-18-8-4-6-10-20(18)15-24(22)34-27/h3,5,7,9,11-15H,4,6,8,10H2,1-2H3,(H,29,32). The summed E-state index contributed by atoms with van der Waals surface area (Å²) in [6.45, 7) is 1.91. The Bertz CT molecular complexity index is 1520. The van der Waals surface area contributed by atoms with Crippen LogP contribution in [0.5, 0.6) is 5.75 Å². The van der Waals surface area contributed by atoms with Crippen molar-refractivity contribution in [3.8, 4) is 10.9 Å². The number of aryl methyl sites for hydroxylation is 3. The maximum Gasteiger partial charge on any atom is 0.260 e. The zero-order valence-electron chi connectivity index (χ0n) is 19.1. The zero-order chi connectivity index (χ0) is 23.2. The number of hydrogen-bond acceptors (Lipinski definition) is 5. The van der Waals surface area contributed by atoms with Crippen LogP contribution >= 0.6 is 11.3 Å². The molecule has 0 radical (unpaired) electrons. The summed E-state index contributed by atoms with van der Waals surface area (Å²) in [6, 6.07) is 18.0. The van der Waals surface area contributed by atoms with Gasteiger partial charge in [0.25, 0.3) is 5.91 Å². The first-order valence-electron chi connectivity index (χ1n) is 11.5. The Kier molecular flexibility index (Phi) is 5.07. The average molecular weight is 469 g/mol. The molecule has 2 heterocycles. The molecule has 0 atom stereocenters. The van der Waals surface area contributed by atoms with E-state index < -0.39 is 0 Å². The van der Waals surface area contributed by atoms with Crippen molar-refractivity contribution in [2.24, 2.45) is 0 Å². The van der Waals surface area contributed by atoms with Crippen LogP contribution in [0.25, 0.3) is 26.1 Å². The maximum absolute atomic E-state index is 13.3. The van der Waals surface area contributed by atoms with Crippen LogP contribution in [0.3, 0.4) is 0 Å². The van der Waals surface area contributed by atoms with E-state index in [0.717, 1.165) is 44.7 Å². The fourth-order valence-corrected chi connectivity index (χ4v) is 5.69. The Morgan fingerprint density at radius 1 is 1.03 bits per heavy atom. The lowest BCUT2D eigenvalue weighted by Crippen LogP contribution is -2.16. The minimum atomic E-state index is -0.250. The van der Waals surface area contributed by atoms with Crippen molar-refractivity contribution in [2.45, 2.75) is 32.6 Å². The third-order valence-corrected chi connectivity index (χ3v) is 7.40. The van der Waals surface area contributed by atoms with Crippen LogP contribution in [-0.2, 0) is 12.8 Å². The van der Waals surface area contributed by atoms with E-state index in [1.165, 1.54) is 24.0 Å². The van der Waals surface area contributed by atoms with E-state index in [2.05, 4.69) is 22.5 Å². The number of benzene rings is 3. The Hall–Kier alpha value is -3.71. The molecule has 5 aromatic rings. The topological polar surface area (TPSA) is 69.0 Å². The smallest absolute Gasteiger partial charge is 0.260 e. The van der Waals surface area contributed by atoms with Crippen LogP contribution in [0, 0.1) is 6.92 Å². The predicted molar refractivity (Wildman–Crippen MR) is 137 cm³/mol. The van der Waals surface area contributed by atoms with Gasteiger partial charge in [-0.2, -0.15) is 9.78 Å². The molecule has 3 aromatic carbocycles. The number of methoxy groups -OCH3 is 1. The first-order valence-corrected chi connectivity index (χ1v) is 12.3. The summed E-state index contributed by atoms with van der Waals surface area (Å²) >= 11 is 1.60. The van der Waals surface area contributed by atoms with Gasteiger partial charge in [0.2, 0.25) is 5.13 Å². The maximum atomic E-state index is 13.3. The molecule has 1 amide bonds. The molecule has 0 aliphatic heterocycles. The van der Waals surface area contributed by atoms with E-state index in [4.69, 9.17) is 9.72 Å². The largest absolute Gasteiger partial charge is 0.496 e. The number of amides is 1. The summed E-state index contributed by atoms with van der Waals surface area (Å²) in [6.07, 6.45) is 4.74. The van der Waals surface area contributed by atoms with E-state index in [0.29, 0.717) is 17.1 Å². The van der Waals surface area contributed by atoms with Crippen molar-refractivity contribution in [1.82, 2.24) is 14.8 Å². The third kappa shape index (κ3) is 3.62. The number of thiazole rings is 1. The summed E-state index contributed by atoms with van der Waals surface area (Å²) in [4.78, 5) is 18.2. The second-order valence-electron chi connectivity index (χ2n) is 8.73. The summed E-state index contributed by atoms with van der Waals surface area (Å²) in [5, 5.41) is 10.4. The highest BCUT2D eigenvalue weighted by Crippen LogP contribution is 2.33. The van der Waals surface area contributed by atoms with Gasteiger partial charge in [0.15, 0.2) is 0 Å². The molecule has 1 aliphatic carbocycles. The lowest BCUT2D eigenvalue weighted by atomic mass is 9.92. The van der Waals surface area contributed by atoms with Crippen molar-refractivity contribution in [2.75, 3.05) is 12.4 Å². The van der Waals surface area contributed by atoms with Gasteiger partial charge in [0.05, 0.1) is 28.6 Å². The van der Waals surface area contributed by atoms with Crippen LogP contribution in [-0.4, -0.2) is 27.8 Å². The zero-order valence-corrected chi connectivity index (χ0v) is 19.9. The monoisotopic (exact) mass is 468 g/mol. The predicted octanol–water partition coefficient (Wildman–Crippen LogP) is 6.08. The fraction of sp³-hybridized carbons (Fsp3) is 0.222. The molecule has 0 saturated carbocycles. The fourth-order valence-electron chi connectivity index (χ4n) is 4.72. The van der Waals surface area contributed by atoms with Gasteiger partial charge in [-0.3, -0.25) is 4.79 Å². The quantitative estimate of drug-likeness (QED) is 0.347. The molecule has 0 saturated heterocycles. The molecule has 7 heteroatoms. The van der Waals surface area contributed by atoms with E-state index in [1.54, 1.807) is 23.1 Å². The van der Waals surface area contributed by atoms with E-state index in [1.807, 2.05) is 49.4 Å². The van der Waals surface area contributed by atoms with Crippen molar-refractivity contribution in [1.29, 1.82) is 0 Å². The number of ether oxygens (including phenoxy) is 1. The molecular weight excluding hydrogens is 444 g/mol. The molecule has 0 spiro atoms. The first kappa shape index (κ1) is 20.9. The van der Waals surface area contributed by atoms with Gasteiger partial charge >= 0.3 is 0 Å². The van der Waals surface area contributed by atoms with Gasteiger partial charge in [-0.1, -0.05) is 35.6 Å². The molecule has 1 aliphatic rings. The summed E-state index contributed by atoms with van der Waals surface area (Å²) in [7, 11) is 1.58. The molecule has 170 valence electrons. The normalized spacial score (nSPS) is 13.2. The average Bonchev–Trinajstić information content (AvgIpc) is 3.43. The van der Waals surface area contributed by atoms with Gasteiger partial charge < -0.3 is 10.1 Å². The van der Waals surface area contributed by atoms with Crippen LogP contribution in [0.4, 0.5) is 5.82 Å². The molecule has 6 rings (SSSR count). The lowest BCUT2D eigenvalue weighted by Gasteiger charge is -2.14. The molecular formula is C27H24N4O2S. The van der Waals surface area contributed by atoms with E-state index in [9.17, 15) is 4.79 Å². The second kappa shape index (κ2) is 8.25. The molecule has 0 fully saturated rings. The highest BCUT2D eigenvalue weighted by molar-refractivity contribution is 7.20. The Morgan fingerprint density at radius 2 is 1.76 bits per heavy atom. The second-order valence-corrected chi connectivity index (χ2v) is 9.74. The van der Waals surface area contributed by atoms with Gasteiger partial charge in [-0.15, -0.1) is 0 Å².